The molecule has 170 valence electrons. The number of ether oxygens (including phenoxy) is 3. The van der Waals surface area contributed by atoms with Crippen molar-refractivity contribution in [1.82, 2.24) is 10.6 Å². The zero-order valence-electron chi connectivity index (χ0n) is 18.4. The second-order valence-corrected chi connectivity index (χ2v) is 7.60. The van der Waals surface area contributed by atoms with Gasteiger partial charge in [-0.25, -0.2) is 9.59 Å². The number of benzene rings is 2. The Morgan fingerprint density at radius 2 is 1.88 bits per heavy atom. The minimum atomic E-state index is -0.783. The van der Waals surface area contributed by atoms with Crippen LogP contribution in [-0.2, 0) is 16.1 Å². The molecular formula is C24H27ClN2O5. The van der Waals surface area contributed by atoms with Gasteiger partial charge in [0, 0.05) is 17.3 Å². The molecule has 2 aromatic rings. The van der Waals surface area contributed by atoms with Gasteiger partial charge in [0.05, 0.1) is 30.4 Å². The number of halogens is 1. The Hall–Kier alpha value is -3.19. The molecule has 2 aromatic carbocycles. The van der Waals surface area contributed by atoms with Gasteiger partial charge < -0.3 is 24.8 Å². The largest absolute Gasteiger partial charge is 0.493 e. The third-order valence-corrected chi connectivity index (χ3v) is 5.31. The Morgan fingerprint density at radius 3 is 2.53 bits per heavy atom. The molecule has 0 aromatic heterocycles. The standard InChI is InChI=1S/C24H27ClN2O5/c1-4-9-18-21(23(28)31-5-2)22(27-24(29)26-18)16-12-19(30-3)20(13-17(16)25)32-14-15-10-7-6-8-11-15/h6-8,10-13,22H,4-5,9,14H2,1-3H3,(H2,26,27,29)/t22-/m0/s1. The van der Waals surface area contributed by atoms with Crippen molar-refractivity contribution in [2.45, 2.75) is 39.3 Å². The molecular weight excluding hydrogens is 432 g/mol. The first-order valence-corrected chi connectivity index (χ1v) is 10.9. The molecule has 0 radical (unpaired) electrons. The van der Waals surface area contributed by atoms with Crippen LogP contribution in [0.1, 0.15) is 43.9 Å². The van der Waals surface area contributed by atoms with Crippen LogP contribution < -0.4 is 20.1 Å². The summed E-state index contributed by atoms with van der Waals surface area (Å²) < 4.78 is 16.7. The maximum Gasteiger partial charge on any atom is 0.338 e. The number of rotatable bonds is 9. The second-order valence-electron chi connectivity index (χ2n) is 7.19. The summed E-state index contributed by atoms with van der Waals surface area (Å²) in [5.41, 5.74) is 2.37. The van der Waals surface area contributed by atoms with Crippen LogP contribution in [0.2, 0.25) is 5.02 Å². The van der Waals surface area contributed by atoms with E-state index in [1.807, 2.05) is 37.3 Å². The van der Waals surface area contributed by atoms with Crippen molar-refractivity contribution < 1.29 is 23.8 Å². The molecule has 0 saturated heterocycles. The van der Waals surface area contributed by atoms with Crippen LogP contribution in [0.25, 0.3) is 0 Å². The molecule has 1 aliphatic rings. The number of allylic oxidation sites excluding steroid dienone is 1. The van der Waals surface area contributed by atoms with Crippen LogP contribution in [0, 0.1) is 0 Å². The molecule has 0 fully saturated rings. The van der Waals surface area contributed by atoms with E-state index in [2.05, 4.69) is 10.6 Å². The van der Waals surface area contributed by atoms with Crippen molar-refractivity contribution in [2.75, 3.05) is 13.7 Å². The molecule has 3 rings (SSSR count). The maximum atomic E-state index is 12.8. The fourth-order valence-electron chi connectivity index (χ4n) is 3.53. The highest BCUT2D eigenvalue weighted by Gasteiger charge is 2.35. The van der Waals surface area contributed by atoms with Gasteiger partial charge in [0.25, 0.3) is 0 Å². The minimum absolute atomic E-state index is 0.214. The number of methoxy groups -OCH3 is 1. The molecule has 0 unspecified atom stereocenters. The van der Waals surface area contributed by atoms with Crippen molar-refractivity contribution >= 4 is 23.6 Å². The highest BCUT2D eigenvalue weighted by atomic mass is 35.5. The van der Waals surface area contributed by atoms with Crippen molar-refractivity contribution in [3.63, 3.8) is 0 Å². The predicted octanol–water partition coefficient (Wildman–Crippen LogP) is 4.90. The maximum absolute atomic E-state index is 12.8. The molecule has 2 amide bonds. The Morgan fingerprint density at radius 1 is 1.12 bits per heavy atom. The van der Waals surface area contributed by atoms with Crippen LogP contribution in [-0.4, -0.2) is 25.7 Å². The average Bonchev–Trinajstić information content (AvgIpc) is 2.78. The lowest BCUT2D eigenvalue weighted by atomic mass is 9.93. The van der Waals surface area contributed by atoms with Gasteiger partial charge in [0.1, 0.15) is 6.61 Å². The van der Waals surface area contributed by atoms with Crippen LogP contribution in [0.3, 0.4) is 0 Å². The quantitative estimate of drug-likeness (QED) is 0.522. The molecule has 8 heteroatoms. The first-order chi connectivity index (χ1) is 15.5. The topological polar surface area (TPSA) is 85.9 Å². The zero-order chi connectivity index (χ0) is 23.1. The summed E-state index contributed by atoms with van der Waals surface area (Å²) in [5.74, 6) is 0.391. The fourth-order valence-corrected chi connectivity index (χ4v) is 3.79. The Kier molecular flexibility index (Phi) is 8.00. The highest BCUT2D eigenvalue weighted by Crippen LogP contribution is 2.40. The summed E-state index contributed by atoms with van der Waals surface area (Å²) in [7, 11) is 1.52. The number of hydrogen-bond acceptors (Lipinski definition) is 5. The summed E-state index contributed by atoms with van der Waals surface area (Å²) in [6.45, 7) is 4.25. The van der Waals surface area contributed by atoms with E-state index in [0.29, 0.717) is 46.4 Å². The number of hydrogen-bond donors (Lipinski definition) is 2. The molecule has 7 nitrogen and oxygen atoms in total. The van der Waals surface area contributed by atoms with Crippen molar-refractivity contribution in [2.24, 2.45) is 0 Å². The summed E-state index contributed by atoms with van der Waals surface area (Å²) in [6.07, 6.45) is 1.26. The number of carbonyl (C=O) groups excluding carboxylic acids is 2. The molecule has 32 heavy (non-hydrogen) atoms. The Balaban J connectivity index is 1.99. The number of nitrogens with one attached hydrogen (secondary N) is 2. The lowest BCUT2D eigenvalue weighted by Gasteiger charge is -2.30. The van der Waals surface area contributed by atoms with Gasteiger partial charge in [-0.3, -0.25) is 0 Å². The van der Waals surface area contributed by atoms with Crippen LogP contribution >= 0.6 is 11.6 Å². The van der Waals surface area contributed by atoms with Gasteiger partial charge >= 0.3 is 12.0 Å². The lowest BCUT2D eigenvalue weighted by molar-refractivity contribution is -0.139. The van der Waals surface area contributed by atoms with Gasteiger partial charge in [0.2, 0.25) is 0 Å². The van der Waals surface area contributed by atoms with Crippen molar-refractivity contribution in [3.05, 3.63) is 69.9 Å². The van der Waals surface area contributed by atoms with Crippen LogP contribution in [0.5, 0.6) is 11.5 Å². The van der Waals surface area contributed by atoms with Crippen LogP contribution in [0.15, 0.2) is 53.7 Å². The van der Waals surface area contributed by atoms with E-state index < -0.39 is 18.0 Å². The van der Waals surface area contributed by atoms with E-state index in [9.17, 15) is 9.59 Å². The minimum Gasteiger partial charge on any atom is -0.493 e. The van der Waals surface area contributed by atoms with Gasteiger partial charge in [0.15, 0.2) is 11.5 Å². The zero-order valence-corrected chi connectivity index (χ0v) is 19.1. The Labute approximate surface area is 192 Å². The third-order valence-electron chi connectivity index (χ3n) is 4.98. The molecule has 1 heterocycles. The normalized spacial score (nSPS) is 15.6. The van der Waals surface area contributed by atoms with E-state index >= 15 is 0 Å². The Bertz CT molecular complexity index is 1010. The average molecular weight is 459 g/mol. The number of urea groups is 1. The number of esters is 1. The number of amides is 2. The predicted molar refractivity (Wildman–Crippen MR) is 122 cm³/mol. The van der Waals surface area contributed by atoms with Gasteiger partial charge in [-0.1, -0.05) is 55.3 Å². The van der Waals surface area contributed by atoms with E-state index in [-0.39, 0.29) is 6.61 Å². The van der Waals surface area contributed by atoms with Gasteiger partial charge in [-0.05, 0) is 25.0 Å². The van der Waals surface area contributed by atoms with Crippen LogP contribution in [0.4, 0.5) is 4.79 Å². The van der Waals surface area contributed by atoms with Gasteiger partial charge in [-0.15, -0.1) is 0 Å². The smallest absolute Gasteiger partial charge is 0.338 e. The highest BCUT2D eigenvalue weighted by molar-refractivity contribution is 6.31. The number of carbonyl (C=O) groups is 2. The first-order valence-electron chi connectivity index (χ1n) is 10.5. The van der Waals surface area contributed by atoms with Gasteiger partial charge in [-0.2, -0.15) is 0 Å². The summed E-state index contributed by atoms with van der Waals surface area (Å²) in [5, 5.41) is 5.86. The molecule has 0 aliphatic carbocycles. The van der Waals surface area contributed by atoms with E-state index in [1.165, 1.54) is 7.11 Å². The SMILES string of the molecule is CCCC1=C(C(=O)OCC)[C@H](c2cc(OC)c(OCc3ccccc3)cc2Cl)NC(=O)N1. The molecule has 2 N–H and O–H groups in total. The monoisotopic (exact) mass is 458 g/mol. The molecule has 0 bridgehead atoms. The van der Waals surface area contributed by atoms with E-state index in [1.54, 1.807) is 19.1 Å². The molecule has 1 atom stereocenters. The molecule has 0 spiro atoms. The first kappa shape index (κ1) is 23.5. The van der Waals surface area contributed by atoms with Crippen molar-refractivity contribution in [1.29, 1.82) is 0 Å². The molecule has 0 saturated carbocycles. The summed E-state index contributed by atoms with van der Waals surface area (Å²) >= 11 is 6.61. The summed E-state index contributed by atoms with van der Waals surface area (Å²) in [4.78, 5) is 25.1. The van der Waals surface area contributed by atoms with Crippen molar-refractivity contribution in [3.8, 4) is 11.5 Å². The fraction of sp³-hybridized carbons (Fsp3) is 0.333. The third kappa shape index (κ3) is 5.34. The lowest BCUT2D eigenvalue weighted by Crippen LogP contribution is -2.46. The van der Waals surface area contributed by atoms with E-state index in [4.69, 9.17) is 25.8 Å². The van der Waals surface area contributed by atoms with E-state index in [0.717, 1.165) is 12.0 Å². The summed E-state index contributed by atoms with van der Waals surface area (Å²) in [6, 6.07) is 11.8. The molecule has 1 aliphatic heterocycles. The second kappa shape index (κ2) is 10.9.